The van der Waals surface area contributed by atoms with Crippen molar-refractivity contribution in [1.29, 1.82) is 0 Å². The van der Waals surface area contributed by atoms with Gasteiger partial charge in [0.2, 0.25) is 0 Å². The Morgan fingerprint density at radius 2 is 1.93 bits per heavy atom. The number of hydrogen-bond donors (Lipinski definition) is 0. The average molecular weight is 375 g/mol. The van der Waals surface area contributed by atoms with Crippen LogP contribution in [0.1, 0.15) is 38.1 Å². The van der Waals surface area contributed by atoms with E-state index in [1.807, 2.05) is 33.8 Å². The number of rotatable bonds is 2. The summed E-state index contributed by atoms with van der Waals surface area (Å²) in [4.78, 5) is 11.3. The van der Waals surface area contributed by atoms with E-state index in [1.54, 1.807) is 18.2 Å². The molecule has 0 saturated carbocycles. The minimum atomic E-state index is -0.189. The van der Waals surface area contributed by atoms with Crippen molar-refractivity contribution in [2.45, 2.75) is 33.7 Å². The molecule has 1 aromatic carbocycles. The van der Waals surface area contributed by atoms with Gasteiger partial charge in [0, 0.05) is 0 Å². The van der Waals surface area contributed by atoms with Crippen LogP contribution in [-0.4, -0.2) is 11.9 Å². The molecule has 0 atom stereocenters. The molecule has 0 saturated heterocycles. The fourth-order valence-electron chi connectivity index (χ4n) is 0.830. The molecular formula is C12H17NOW. The SMILES string of the molecule is CC.CC(C)[N-]C(=O)c1[c-]cccc1.[W+2]. The van der Waals surface area contributed by atoms with Crippen LogP contribution in [0.15, 0.2) is 24.3 Å². The molecule has 0 fully saturated rings. The van der Waals surface area contributed by atoms with Gasteiger partial charge in [-0.05, 0) is 5.91 Å². The molecule has 0 unspecified atom stereocenters. The molecule has 1 amide bonds. The van der Waals surface area contributed by atoms with Gasteiger partial charge in [0.25, 0.3) is 0 Å². The zero-order chi connectivity index (χ0) is 11.0. The molecule has 0 aliphatic carbocycles. The first-order chi connectivity index (χ1) is 6.70. The van der Waals surface area contributed by atoms with E-state index in [4.69, 9.17) is 0 Å². The van der Waals surface area contributed by atoms with Crippen LogP contribution in [0.2, 0.25) is 0 Å². The van der Waals surface area contributed by atoms with E-state index < -0.39 is 0 Å². The Hall–Kier alpha value is -0.622. The summed E-state index contributed by atoms with van der Waals surface area (Å²) < 4.78 is 0. The second kappa shape index (κ2) is 9.92. The van der Waals surface area contributed by atoms with E-state index in [0.717, 1.165) is 0 Å². The van der Waals surface area contributed by atoms with Gasteiger partial charge in [0.1, 0.15) is 0 Å². The molecule has 0 radical (unpaired) electrons. The first-order valence-electron chi connectivity index (χ1n) is 4.92. The summed E-state index contributed by atoms with van der Waals surface area (Å²) in [5, 5.41) is 3.88. The Balaban J connectivity index is 0. The summed E-state index contributed by atoms with van der Waals surface area (Å²) in [5.41, 5.74) is 0.534. The first-order valence-corrected chi connectivity index (χ1v) is 4.92. The molecule has 15 heavy (non-hydrogen) atoms. The Morgan fingerprint density at radius 3 is 2.33 bits per heavy atom. The van der Waals surface area contributed by atoms with Crippen LogP contribution in [0.5, 0.6) is 0 Å². The minimum absolute atomic E-state index is 0. The van der Waals surface area contributed by atoms with Crippen LogP contribution in [-0.2, 0) is 21.1 Å². The second-order valence-electron chi connectivity index (χ2n) is 2.80. The van der Waals surface area contributed by atoms with Crippen molar-refractivity contribution in [3.05, 3.63) is 41.2 Å². The number of hydrogen-bond acceptors (Lipinski definition) is 1. The zero-order valence-electron chi connectivity index (χ0n) is 9.65. The van der Waals surface area contributed by atoms with Gasteiger partial charge in [-0.3, -0.25) is 0 Å². The quantitative estimate of drug-likeness (QED) is 0.729. The molecule has 0 heterocycles. The molecule has 0 spiro atoms. The largest absolute Gasteiger partial charge is 2.00 e. The minimum Gasteiger partial charge on any atom is -0.692 e. The Bertz CT molecular complexity index is 260. The van der Waals surface area contributed by atoms with Gasteiger partial charge in [0.05, 0.1) is 0 Å². The maximum atomic E-state index is 11.3. The van der Waals surface area contributed by atoms with Gasteiger partial charge < -0.3 is 10.1 Å². The molecular weight excluding hydrogens is 358 g/mol. The maximum Gasteiger partial charge on any atom is 2.00 e. The van der Waals surface area contributed by atoms with Crippen LogP contribution in [0, 0.1) is 6.07 Å². The third kappa shape index (κ3) is 7.32. The Morgan fingerprint density at radius 1 is 1.33 bits per heavy atom. The molecule has 2 nitrogen and oxygen atoms in total. The van der Waals surface area contributed by atoms with Gasteiger partial charge in [-0.25, -0.2) is 0 Å². The molecule has 0 aliphatic heterocycles. The summed E-state index contributed by atoms with van der Waals surface area (Å²) in [6.45, 7) is 7.75. The van der Waals surface area contributed by atoms with Gasteiger partial charge in [0.15, 0.2) is 0 Å². The summed E-state index contributed by atoms with van der Waals surface area (Å²) in [6.07, 6.45) is 0. The Labute approximate surface area is 107 Å². The summed E-state index contributed by atoms with van der Waals surface area (Å²) in [5.74, 6) is -0.189. The van der Waals surface area contributed by atoms with Crippen molar-refractivity contribution in [1.82, 2.24) is 0 Å². The van der Waals surface area contributed by atoms with Crippen molar-refractivity contribution in [3.8, 4) is 0 Å². The molecule has 1 rings (SSSR count). The number of carbonyl (C=O) groups is 1. The summed E-state index contributed by atoms with van der Waals surface area (Å²) >= 11 is 0. The first kappa shape index (κ1) is 16.8. The summed E-state index contributed by atoms with van der Waals surface area (Å²) in [6, 6.07) is 9.94. The van der Waals surface area contributed by atoms with E-state index in [-0.39, 0.29) is 33.0 Å². The van der Waals surface area contributed by atoms with Crippen molar-refractivity contribution >= 4 is 5.91 Å². The smallest absolute Gasteiger partial charge is 0.692 e. The number of benzene rings is 1. The van der Waals surface area contributed by atoms with Crippen LogP contribution >= 0.6 is 0 Å². The molecule has 3 heteroatoms. The number of amides is 1. The van der Waals surface area contributed by atoms with E-state index >= 15 is 0 Å². The molecule has 82 valence electrons. The fourth-order valence-corrected chi connectivity index (χ4v) is 0.830. The van der Waals surface area contributed by atoms with E-state index in [0.29, 0.717) is 5.56 Å². The van der Waals surface area contributed by atoms with Crippen molar-refractivity contribution in [2.24, 2.45) is 0 Å². The number of carbonyl (C=O) groups excluding carboxylic acids is 1. The second-order valence-corrected chi connectivity index (χ2v) is 2.80. The zero-order valence-corrected chi connectivity index (χ0v) is 12.6. The maximum absolute atomic E-state index is 11.3. The standard InChI is InChI=1S/C10H12NO.C2H6.W/c1-8(2)11-10(12)9-6-4-3-5-7-9;1-2;/h3-6,8H,1-2H3,(H,11,12);1-2H3;/q-1;;+2/p-1. The van der Waals surface area contributed by atoms with Crippen LogP contribution in [0.4, 0.5) is 0 Å². The van der Waals surface area contributed by atoms with E-state index in [9.17, 15) is 4.79 Å². The third-order valence-electron chi connectivity index (χ3n) is 1.31. The van der Waals surface area contributed by atoms with Crippen LogP contribution in [0.25, 0.3) is 5.32 Å². The molecule has 0 N–H and O–H groups in total. The van der Waals surface area contributed by atoms with Gasteiger partial charge in [-0.15, -0.1) is 41.9 Å². The van der Waals surface area contributed by atoms with Crippen molar-refractivity contribution < 1.29 is 25.9 Å². The van der Waals surface area contributed by atoms with Crippen LogP contribution in [0.3, 0.4) is 0 Å². The monoisotopic (exact) mass is 375 g/mol. The predicted molar refractivity (Wildman–Crippen MR) is 59.5 cm³/mol. The topological polar surface area (TPSA) is 31.2 Å². The molecule has 0 aromatic heterocycles. The van der Waals surface area contributed by atoms with Crippen LogP contribution < -0.4 is 0 Å². The fraction of sp³-hybridized carbons (Fsp3) is 0.417. The third-order valence-corrected chi connectivity index (χ3v) is 1.31. The van der Waals surface area contributed by atoms with E-state index in [2.05, 4.69) is 11.4 Å². The van der Waals surface area contributed by atoms with Gasteiger partial charge in [-0.2, -0.15) is 0 Å². The number of nitrogens with zero attached hydrogens (tertiary/aromatic N) is 1. The summed E-state index contributed by atoms with van der Waals surface area (Å²) in [7, 11) is 0. The van der Waals surface area contributed by atoms with Crippen molar-refractivity contribution in [3.63, 3.8) is 0 Å². The van der Waals surface area contributed by atoms with Gasteiger partial charge >= 0.3 is 21.1 Å². The Kier molecular flexibility index (Phi) is 11.1. The van der Waals surface area contributed by atoms with Gasteiger partial charge in [-0.1, -0.05) is 27.7 Å². The molecule has 1 aromatic rings. The predicted octanol–water partition coefficient (Wildman–Crippen LogP) is 3.43. The normalized spacial score (nSPS) is 8.33. The molecule has 0 bridgehead atoms. The van der Waals surface area contributed by atoms with E-state index in [1.165, 1.54) is 0 Å². The molecule has 0 aliphatic rings. The average Bonchev–Trinajstić information content (AvgIpc) is 2.21. The van der Waals surface area contributed by atoms with Crippen molar-refractivity contribution in [2.75, 3.05) is 0 Å².